The maximum atomic E-state index is 11.4. The van der Waals surface area contributed by atoms with Gasteiger partial charge in [-0.1, -0.05) is 0 Å². The summed E-state index contributed by atoms with van der Waals surface area (Å²) in [5.41, 5.74) is 0. The van der Waals surface area contributed by atoms with Gasteiger partial charge in [0.05, 0.1) is 0 Å². The number of phosphoric acid groups is 2. The fourth-order valence-corrected chi connectivity index (χ4v) is 2.16. The molecule has 0 aliphatic carbocycles. The van der Waals surface area contributed by atoms with Crippen molar-refractivity contribution in [3.63, 3.8) is 0 Å². The first-order valence-corrected chi connectivity index (χ1v) is 8.85. The van der Waals surface area contributed by atoms with Crippen molar-refractivity contribution in [2.24, 2.45) is 0 Å². The Morgan fingerprint density at radius 1 is 1.20 bits per heavy atom. The molecular weight excluding hydrogens is 343 g/mol. The van der Waals surface area contributed by atoms with Gasteiger partial charge in [0, 0.05) is 13.7 Å². The molecule has 0 radical (unpaired) electrons. The molecule has 0 aromatic rings. The number of phosphoric ester groups is 2. The molecule has 15 heteroatoms. The zero-order chi connectivity index (χ0) is 15.8. The van der Waals surface area contributed by atoms with Crippen molar-refractivity contribution >= 4 is 23.6 Å². The predicted octanol–water partition coefficient (Wildman–Crippen LogP) is 0.491. The number of hydrogen-bond acceptors (Lipinski definition) is 10. The van der Waals surface area contributed by atoms with Crippen LogP contribution in [0.1, 0.15) is 0 Å². The molecule has 0 aliphatic rings. The monoisotopic (exact) mass is 357 g/mol. The minimum atomic E-state index is -4.78. The van der Waals surface area contributed by atoms with E-state index in [2.05, 4.69) is 27.9 Å². The molecule has 3 N–H and O–H groups in total. The Bertz CT molecular complexity index is 441. The highest BCUT2D eigenvalue weighted by Crippen LogP contribution is 2.48. The van der Waals surface area contributed by atoms with Crippen LogP contribution in [0.25, 0.3) is 0 Å². The quantitative estimate of drug-likeness (QED) is 0.346. The van der Waals surface area contributed by atoms with Gasteiger partial charge in [-0.3, -0.25) is 18.1 Å². The van der Waals surface area contributed by atoms with Crippen LogP contribution >= 0.6 is 23.6 Å². The second kappa shape index (κ2) is 9.14. The third-order valence-corrected chi connectivity index (χ3v) is 3.72. The number of nitrogens with one attached hydrogen (secondary N) is 1. The van der Waals surface area contributed by atoms with E-state index in [1.807, 2.05) is 0 Å². The molecule has 0 bridgehead atoms. The molecule has 0 aromatic heterocycles. The maximum Gasteiger partial charge on any atom is 0.476 e. The summed E-state index contributed by atoms with van der Waals surface area (Å²) >= 11 is 0. The van der Waals surface area contributed by atoms with Crippen LogP contribution in [-0.2, 0) is 40.9 Å². The Hall–Kier alpha value is 0.0400. The molecule has 0 saturated carbocycles. The van der Waals surface area contributed by atoms with Gasteiger partial charge >= 0.3 is 23.6 Å². The molecular formula is C5H14NO11P3. The van der Waals surface area contributed by atoms with E-state index in [0.29, 0.717) is 0 Å². The molecule has 0 heterocycles. The van der Waals surface area contributed by atoms with Crippen molar-refractivity contribution in [1.29, 1.82) is 0 Å². The van der Waals surface area contributed by atoms with Crippen LogP contribution in [0.15, 0.2) is 0 Å². The fourth-order valence-electron chi connectivity index (χ4n) is 0.745. The van der Waals surface area contributed by atoms with E-state index in [-0.39, 0.29) is 6.54 Å². The minimum Gasteiger partial charge on any atom is -0.315 e. The van der Waals surface area contributed by atoms with Crippen LogP contribution < -0.4 is 5.32 Å². The van der Waals surface area contributed by atoms with E-state index in [1.54, 1.807) is 0 Å². The highest BCUT2D eigenvalue weighted by molar-refractivity contribution is 7.48. The van der Waals surface area contributed by atoms with Crippen LogP contribution in [0.3, 0.4) is 0 Å². The topological polar surface area (TPSA) is 167 Å². The highest BCUT2D eigenvalue weighted by Gasteiger charge is 2.30. The van der Waals surface area contributed by atoms with Gasteiger partial charge in [-0.2, -0.15) is 0 Å². The second-order valence-corrected chi connectivity index (χ2v) is 6.54. The molecule has 0 amide bonds. The largest absolute Gasteiger partial charge is 0.476 e. The first-order valence-electron chi connectivity index (χ1n) is 4.76. The SMILES string of the molecule is CNCC(OP(=O)=O)OP(=O)(O)OCOP(=O)(O)OC. The lowest BCUT2D eigenvalue weighted by Gasteiger charge is -2.18. The molecule has 0 aromatic carbocycles. The summed E-state index contributed by atoms with van der Waals surface area (Å²) in [6.45, 7) is -1.35. The summed E-state index contributed by atoms with van der Waals surface area (Å²) in [6.07, 6.45) is -1.62. The predicted molar refractivity (Wildman–Crippen MR) is 61.9 cm³/mol. The molecule has 0 spiro atoms. The summed E-state index contributed by atoms with van der Waals surface area (Å²) in [5.74, 6) is 0. The van der Waals surface area contributed by atoms with Crippen LogP contribution in [-0.4, -0.2) is 43.6 Å². The van der Waals surface area contributed by atoms with Crippen molar-refractivity contribution in [3.8, 4) is 0 Å². The van der Waals surface area contributed by atoms with Gasteiger partial charge < -0.3 is 15.1 Å². The zero-order valence-electron chi connectivity index (χ0n) is 10.4. The third-order valence-electron chi connectivity index (χ3n) is 1.49. The van der Waals surface area contributed by atoms with E-state index >= 15 is 0 Å². The molecule has 0 fully saturated rings. The van der Waals surface area contributed by atoms with Crippen molar-refractivity contribution in [1.82, 2.24) is 5.32 Å². The Kier molecular flexibility index (Phi) is 9.16. The molecule has 20 heavy (non-hydrogen) atoms. The summed E-state index contributed by atoms with van der Waals surface area (Å²) in [6, 6.07) is 0. The smallest absolute Gasteiger partial charge is 0.315 e. The van der Waals surface area contributed by atoms with Crippen LogP contribution in [0.5, 0.6) is 0 Å². The van der Waals surface area contributed by atoms with Gasteiger partial charge in [-0.05, 0) is 7.05 Å². The van der Waals surface area contributed by atoms with E-state index in [4.69, 9.17) is 4.89 Å². The van der Waals surface area contributed by atoms with E-state index < -0.39 is 36.6 Å². The van der Waals surface area contributed by atoms with Crippen molar-refractivity contribution in [3.05, 3.63) is 0 Å². The van der Waals surface area contributed by atoms with Gasteiger partial charge in [0.15, 0.2) is 13.1 Å². The lowest BCUT2D eigenvalue weighted by molar-refractivity contribution is -0.0315. The lowest BCUT2D eigenvalue weighted by atomic mass is 10.6. The van der Waals surface area contributed by atoms with Crippen LogP contribution in [0, 0.1) is 0 Å². The lowest BCUT2D eigenvalue weighted by Crippen LogP contribution is -2.26. The van der Waals surface area contributed by atoms with E-state index in [0.717, 1.165) is 7.11 Å². The van der Waals surface area contributed by atoms with Crippen molar-refractivity contribution in [2.45, 2.75) is 6.29 Å². The Balaban J connectivity index is 4.40. The average Bonchev–Trinajstić information content (AvgIpc) is 2.27. The van der Waals surface area contributed by atoms with Gasteiger partial charge in [-0.25, -0.2) is 22.8 Å². The fraction of sp³-hybridized carbons (Fsp3) is 1.00. The van der Waals surface area contributed by atoms with Gasteiger partial charge in [0.2, 0.25) is 0 Å². The molecule has 0 saturated heterocycles. The third kappa shape index (κ3) is 9.87. The first kappa shape index (κ1) is 20.0. The standard InChI is InChI=1S/C5H14NO11P3/c1-6-3-5(16-18(7)8)17-20(11,12)15-4-14-19(9,10)13-2/h5-6H,3-4H2,1-2H3,(H,9,10)(H,11,12). The maximum absolute atomic E-state index is 11.4. The first-order chi connectivity index (χ1) is 9.12. The van der Waals surface area contributed by atoms with E-state index in [1.165, 1.54) is 7.05 Å². The summed E-state index contributed by atoms with van der Waals surface area (Å²) in [5, 5.41) is 2.44. The Labute approximate surface area is 114 Å². The van der Waals surface area contributed by atoms with Gasteiger partial charge in [-0.15, -0.1) is 0 Å². The summed E-state index contributed by atoms with van der Waals surface area (Å²) < 4.78 is 63.7. The number of rotatable bonds is 11. The summed E-state index contributed by atoms with van der Waals surface area (Å²) in [4.78, 5) is 18.0. The molecule has 3 atom stereocenters. The van der Waals surface area contributed by atoms with Crippen LogP contribution in [0.4, 0.5) is 0 Å². The molecule has 120 valence electrons. The number of hydrogen-bond donors (Lipinski definition) is 3. The Morgan fingerprint density at radius 3 is 2.20 bits per heavy atom. The molecule has 12 nitrogen and oxygen atoms in total. The van der Waals surface area contributed by atoms with E-state index in [9.17, 15) is 23.2 Å². The minimum absolute atomic E-state index is 0.241. The van der Waals surface area contributed by atoms with Crippen molar-refractivity contribution in [2.75, 3.05) is 27.5 Å². The van der Waals surface area contributed by atoms with Gasteiger partial charge in [0.1, 0.15) is 0 Å². The van der Waals surface area contributed by atoms with Crippen LogP contribution in [0.2, 0.25) is 0 Å². The highest BCUT2D eigenvalue weighted by atomic mass is 31.2. The second-order valence-electron chi connectivity index (χ2n) is 2.92. The normalized spacial score (nSPS) is 19.0. The van der Waals surface area contributed by atoms with Crippen molar-refractivity contribution < 1.29 is 50.7 Å². The zero-order valence-corrected chi connectivity index (χ0v) is 13.1. The molecule has 0 rings (SSSR count). The average molecular weight is 357 g/mol. The Morgan fingerprint density at radius 2 is 1.75 bits per heavy atom. The van der Waals surface area contributed by atoms with Gasteiger partial charge in [0.25, 0.3) is 0 Å². The molecule has 0 aliphatic heterocycles. The number of likely N-dealkylation sites (N-methyl/N-ethyl adjacent to an activating group) is 1. The molecule has 3 unspecified atom stereocenters. The summed E-state index contributed by atoms with van der Waals surface area (Å²) in [7, 11) is -10.2.